The third kappa shape index (κ3) is 5.78. The van der Waals surface area contributed by atoms with Crippen molar-refractivity contribution in [1.82, 2.24) is 15.2 Å². The number of carbonyl (C=O) groups is 2. The normalized spacial score (nSPS) is 10.7. The number of rotatable bonds is 4. The molecule has 3 heterocycles. The molecule has 0 fully saturated rings. The van der Waals surface area contributed by atoms with Crippen molar-refractivity contribution in [2.75, 3.05) is 5.32 Å². The van der Waals surface area contributed by atoms with Gasteiger partial charge < -0.3 is 13.9 Å². The Morgan fingerprint density at radius 2 is 1.75 bits per heavy atom. The molecule has 0 saturated heterocycles. The second kappa shape index (κ2) is 9.55. The fourth-order valence-corrected chi connectivity index (χ4v) is 2.32. The van der Waals surface area contributed by atoms with Crippen LogP contribution in [0.4, 0.5) is 19.2 Å². The number of carboxylic acids is 1. The molecule has 1 aromatic carbocycles. The first-order valence-electron chi connectivity index (χ1n) is 8.73. The topological polar surface area (TPSA) is 131 Å². The Hall–Kier alpha value is -4.48. The summed E-state index contributed by atoms with van der Waals surface area (Å²) >= 11 is 0. The summed E-state index contributed by atoms with van der Waals surface area (Å²) in [5.41, 5.74) is 2.29. The quantitative estimate of drug-likeness (QED) is 0.475. The van der Waals surface area contributed by atoms with Gasteiger partial charge in [-0.25, -0.2) is 4.79 Å². The van der Waals surface area contributed by atoms with Gasteiger partial charge in [0.25, 0.3) is 11.8 Å². The predicted octanol–water partition coefficient (Wildman–Crippen LogP) is 4.28. The number of aliphatic carboxylic acids is 1. The highest BCUT2D eigenvalue weighted by Crippen LogP contribution is 2.22. The van der Waals surface area contributed by atoms with Crippen LogP contribution >= 0.6 is 0 Å². The number of carboxylic acid groups (broad SMARTS) is 1. The average molecular weight is 446 g/mol. The first-order valence-corrected chi connectivity index (χ1v) is 8.73. The lowest BCUT2D eigenvalue weighted by molar-refractivity contribution is -0.192. The van der Waals surface area contributed by atoms with Crippen molar-refractivity contribution in [1.29, 1.82) is 0 Å². The van der Waals surface area contributed by atoms with Gasteiger partial charge in [0.05, 0.1) is 6.26 Å². The number of nitrogens with zero attached hydrogens (tertiary/aromatic N) is 3. The van der Waals surface area contributed by atoms with Crippen molar-refractivity contribution < 1.29 is 36.7 Å². The summed E-state index contributed by atoms with van der Waals surface area (Å²) < 4.78 is 42.3. The summed E-state index contributed by atoms with van der Waals surface area (Å²) in [5, 5.41) is 17.3. The van der Waals surface area contributed by atoms with Crippen molar-refractivity contribution in [3.8, 4) is 22.8 Å². The van der Waals surface area contributed by atoms with E-state index in [4.69, 9.17) is 18.7 Å². The van der Waals surface area contributed by atoms with Gasteiger partial charge in [-0.2, -0.15) is 13.2 Å². The number of benzene rings is 1. The molecule has 1 amide bonds. The van der Waals surface area contributed by atoms with Crippen LogP contribution in [0.1, 0.15) is 10.4 Å². The molecule has 2 N–H and O–H groups in total. The van der Waals surface area contributed by atoms with E-state index < -0.39 is 12.1 Å². The fourth-order valence-electron chi connectivity index (χ4n) is 2.32. The van der Waals surface area contributed by atoms with E-state index in [0.717, 1.165) is 11.1 Å². The van der Waals surface area contributed by atoms with Crippen molar-refractivity contribution in [3.05, 3.63) is 72.8 Å². The maximum Gasteiger partial charge on any atom is 0.490 e. The Labute approximate surface area is 177 Å². The molecule has 0 aliphatic rings. The molecular weight excluding hydrogens is 433 g/mol. The van der Waals surface area contributed by atoms with Gasteiger partial charge in [-0.1, -0.05) is 23.3 Å². The molecule has 0 bridgehead atoms. The third-order valence-corrected chi connectivity index (χ3v) is 3.74. The van der Waals surface area contributed by atoms with Crippen LogP contribution in [0.25, 0.3) is 22.8 Å². The smallest absolute Gasteiger partial charge is 0.475 e. The Morgan fingerprint density at radius 1 is 1.00 bits per heavy atom. The van der Waals surface area contributed by atoms with Crippen LogP contribution in [-0.4, -0.2) is 38.3 Å². The Kier molecular flexibility index (Phi) is 6.63. The Bertz CT molecular complexity index is 1190. The maximum atomic E-state index is 12.4. The number of hydrogen-bond donors (Lipinski definition) is 2. The van der Waals surface area contributed by atoms with Crippen LogP contribution in [-0.2, 0) is 4.79 Å². The number of hydrogen-bond acceptors (Lipinski definition) is 7. The molecule has 4 aromatic rings. The van der Waals surface area contributed by atoms with E-state index in [1.54, 1.807) is 42.7 Å². The highest BCUT2D eigenvalue weighted by molar-refractivity contribution is 6.03. The van der Waals surface area contributed by atoms with Crippen LogP contribution in [0, 0.1) is 0 Å². The number of alkyl halides is 3. The molecule has 4 rings (SSSR count). The summed E-state index contributed by atoms with van der Waals surface area (Å²) in [7, 11) is 0. The molecule has 0 unspecified atom stereocenters. The number of halogens is 3. The van der Waals surface area contributed by atoms with Gasteiger partial charge >= 0.3 is 18.2 Å². The van der Waals surface area contributed by atoms with Crippen LogP contribution in [0.5, 0.6) is 0 Å². The molecule has 0 saturated carbocycles. The predicted molar refractivity (Wildman–Crippen MR) is 103 cm³/mol. The average Bonchev–Trinajstić information content (AvgIpc) is 3.46. The SMILES string of the molecule is O=C(Nc1nnc(-c2ccco2)o1)c1cccc(-c2cccnc2)c1.O=C(O)C(F)(F)F. The third-order valence-electron chi connectivity index (χ3n) is 3.74. The van der Waals surface area contributed by atoms with Gasteiger partial charge in [-0.15, -0.1) is 5.10 Å². The summed E-state index contributed by atoms with van der Waals surface area (Å²) in [6.07, 6.45) is -0.140. The summed E-state index contributed by atoms with van der Waals surface area (Å²) in [4.78, 5) is 25.4. The van der Waals surface area contributed by atoms with E-state index in [2.05, 4.69) is 20.5 Å². The lowest BCUT2D eigenvalue weighted by Crippen LogP contribution is -2.21. The van der Waals surface area contributed by atoms with Gasteiger partial charge in [-0.05, 0) is 35.9 Å². The zero-order chi connectivity index (χ0) is 23.1. The molecule has 0 radical (unpaired) electrons. The van der Waals surface area contributed by atoms with E-state index >= 15 is 0 Å². The Balaban J connectivity index is 0.000000360. The molecule has 0 aliphatic carbocycles. The number of carbonyl (C=O) groups excluding carboxylic acids is 1. The van der Waals surface area contributed by atoms with Gasteiger partial charge in [0.2, 0.25) is 0 Å². The van der Waals surface area contributed by atoms with Crippen molar-refractivity contribution >= 4 is 17.9 Å². The fraction of sp³-hybridized carbons (Fsp3) is 0.0500. The highest BCUT2D eigenvalue weighted by Gasteiger charge is 2.38. The highest BCUT2D eigenvalue weighted by atomic mass is 19.4. The number of aromatic nitrogens is 3. The molecular formula is C20H13F3N4O5. The van der Waals surface area contributed by atoms with Gasteiger partial charge in [0, 0.05) is 23.5 Å². The van der Waals surface area contributed by atoms with E-state index in [1.807, 2.05) is 18.2 Å². The number of furan rings is 1. The van der Waals surface area contributed by atoms with E-state index in [-0.39, 0.29) is 17.8 Å². The first kappa shape index (κ1) is 22.2. The minimum atomic E-state index is -5.08. The van der Waals surface area contributed by atoms with Crippen LogP contribution < -0.4 is 5.32 Å². The molecule has 3 aromatic heterocycles. The minimum absolute atomic E-state index is 0.00295. The van der Waals surface area contributed by atoms with Gasteiger partial charge in [0.1, 0.15) is 0 Å². The summed E-state index contributed by atoms with van der Waals surface area (Å²) in [5.74, 6) is -2.47. The van der Waals surface area contributed by atoms with Crippen molar-refractivity contribution in [2.24, 2.45) is 0 Å². The minimum Gasteiger partial charge on any atom is -0.475 e. The number of nitrogens with one attached hydrogen (secondary N) is 1. The van der Waals surface area contributed by atoms with Crippen LogP contribution in [0.15, 0.2) is 76.0 Å². The second-order valence-corrected chi connectivity index (χ2v) is 5.97. The lowest BCUT2D eigenvalue weighted by atomic mass is 10.0. The molecule has 9 nitrogen and oxygen atoms in total. The largest absolute Gasteiger partial charge is 0.490 e. The monoisotopic (exact) mass is 446 g/mol. The van der Waals surface area contributed by atoms with E-state index in [9.17, 15) is 18.0 Å². The number of amides is 1. The van der Waals surface area contributed by atoms with E-state index in [0.29, 0.717) is 11.3 Å². The van der Waals surface area contributed by atoms with E-state index in [1.165, 1.54) is 6.26 Å². The standard InChI is InChI=1S/C18H12N4O3.C2HF3O2/c23-16(20-18-22-21-17(25-18)15-7-3-9-24-15)13-5-1-4-12(10-13)14-6-2-8-19-11-14;3-2(4,5)1(6)7/h1-11H,(H,20,22,23);(H,6,7). The second-order valence-electron chi connectivity index (χ2n) is 5.97. The number of anilines is 1. The molecule has 0 atom stereocenters. The summed E-state index contributed by atoms with van der Waals surface area (Å²) in [6, 6.07) is 14.4. The maximum absolute atomic E-state index is 12.4. The van der Waals surface area contributed by atoms with Crippen molar-refractivity contribution in [2.45, 2.75) is 6.18 Å². The first-order chi connectivity index (χ1) is 15.2. The zero-order valence-electron chi connectivity index (χ0n) is 15.9. The Morgan fingerprint density at radius 3 is 2.38 bits per heavy atom. The summed E-state index contributed by atoms with van der Waals surface area (Å²) in [6.45, 7) is 0. The molecule has 164 valence electrons. The zero-order valence-corrected chi connectivity index (χ0v) is 15.9. The van der Waals surface area contributed by atoms with Crippen molar-refractivity contribution in [3.63, 3.8) is 0 Å². The van der Waals surface area contributed by atoms with Gasteiger partial charge in [0.15, 0.2) is 5.76 Å². The van der Waals surface area contributed by atoms with Gasteiger partial charge in [-0.3, -0.25) is 15.1 Å². The number of pyridine rings is 1. The molecule has 32 heavy (non-hydrogen) atoms. The molecule has 0 spiro atoms. The molecule has 0 aliphatic heterocycles. The lowest BCUT2D eigenvalue weighted by Gasteiger charge is -2.04. The van der Waals surface area contributed by atoms with Crippen LogP contribution in [0.2, 0.25) is 0 Å². The van der Waals surface area contributed by atoms with Crippen LogP contribution in [0.3, 0.4) is 0 Å². The molecule has 12 heteroatoms.